The van der Waals surface area contributed by atoms with Crippen LogP contribution >= 0.6 is 10.3 Å². The van der Waals surface area contributed by atoms with Crippen molar-refractivity contribution in [2.75, 3.05) is 11.5 Å². The highest BCUT2D eigenvalue weighted by Gasteiger charge is 2.52. The maximum absolute atomic E-state index is 13.1. The van der Waals surface area contributed by atoms with E-state index >= 15 is 0 Å². The minimum Gasteiger partial charge on any atom is -0.488 e. The van der Waals surface area contributed by atoms with Crippen molar-refractivity contribution >= 4 is 31.2 Å². The van der Waals surface area contributed by atoms with Crippen LogP contribution in [0, 0.1) is 0 Å². The average molecular weight is 471 g/mol. The zero-order valence-corrected chi connectivity index (χ0v) is 18.1. The van der Waals surface area contributed by atoms with Crippen LogP contribution in [0.3, 0.4) is 0 Å². The lowest BCUT2D eigenvalue weighted by Gasteiger charge is -2.35. The largest absolute Gasteiger partial charge is 0.523 e. The van der Waals surface area contributed by atoms with E-state index in [2.05, 4.69) is 0 Å². The Labute approximate surface area is 180 Å². The van der Waals surface area contributed by atoms with Gasteiger partial charge in [-0.3, -0.25) is 0 Å². The number of alkyl halides is 3. The molecule has 0 N–H and O–H groups in total. The lowest BCUT2D eigenvalue weighted by Crippen LogP contribution is -2.27. The topological polar surface area (TPSA) is 52.6 Å². The Hall–Kier alpha value is -2.23. The minimum atomic E-state index is -5.71. The lowest BCUT2D eigenvalue weighted by molar-refractivity contribution is -0.0496. The number of fused-ring (bicyclic) bond motifs is 1. The van der Waals surface area contributed by atoms with E-state index in [0.29, 0.717) is 40.9 Å². The van der Waals surface area contributed by atoms with Crippen LogP contribution in [0.25, 0.3) is 10.8 Å². The molecule has 0 amide bonds. The van der Waals surface area contributed by atoms with Crippen LogP contribution in [0.5, 0.6) is 5.75 Å². The number of hydrogen-bond acceptors (Lipinski definition) is 4. The highest BCUT2D eigenvalue weighted by Crippen LogP contribution is 2.65. The second kappa shape index (κ2) is 8.37. The third-order valence-corrected chi connectivity index (χ3v) is 10.6. The number of rotatable bonds is 6. The predicted octanol–water partition coefficient (Wildman–Crippen LogP) is 6.16. The highest BCUT2D eigenvalue weighted by molar-refractivity contribution is 8.33. The first-order valence-corrected chi connectivity index (χ1v) is 13.0. The van der Waals surface area contributed by atoms with Gasteiger partial charge in [0.15, 0.2) is 0 Å². The van der Waals surface area contributed by atoms with Gasteiger partial charge in [0.05, 0.1) is 0 Å². The van der Waals surface area contributed by atoms with Crippen molar-refractivity contribution in [1.82, 2.24) is 0 Å². The standard InChI is InChI=1S/C22H21F3O4S2/c23-22(24,25)31(26,27)29-30(14-4-5-15-30)21-13-7-10-18-19(21)11-6-12-20(18)28-16-17-8-2-1-3-9-17/h1-3,6-13H,4-5,14-16H2. The van der Waals surface area contributed by atoms with Crippen molar-refractivity contribution in [1.29, 1.82) is 0 Å². The molecule has 0 spiro atoms. The molecule has 1 aliphatic heterocycles. The van der Waals surface area contributed by atoms with Gasteiger partial charge in [-0.1, -0.05) is 64.9 Å². The summed E-state index contributed by atoms with van der Waals surface area (Å²) in [4.78, 5) is 0.514. The van der Waals surface area contributed by atoms with Gasteiger partial charge in [-0.2, -0.15) is 21.6 Å². The number of ether oxygens (including phenoxy) is 1. The Balaban J connectivity index is 1.75. The first-order valence-electron chi connectivity index (χ1n) is 9.71. The second-order valence-corrected chi connectivity index (χ2v) is 12.1. The fourth-order valence-electron chi connectivity index (χ4n) is 3.75. The number of halogens is 3. The molecule has 0 unspecified atom stereocenters. The second-order valence-electron chi connectivity index (χ2n) is 7.28. The minimum absolute atomic E-state index is 0.274. The van der Waals surface area contributed by atoms with Crippen LogP contribution in [0.4, 0.5) is 13.2 Å². The molecule has 1 saturated heterocycles. The van der Waals surface area contributed by atoms with Gasteiger partial charge in [0.25, 0.3) is 0 Å². The molecule has 0 atom stereocenters. The molecule has 9 heteroatoms. The van der Waals surface area contributed by atoms with Gasteiger partial charge in [-0.25, -0.2) is 3.63 Å². The summed E-state index contributed by atoms with van der Waals surface area (Å²) < 4.78 is 74.1. The van der Waals surface area contributed by atoms with E-state index in [1.54, 1.807) is 30.3 Å². The summed E-state index contributed by atoms with van der Waals surface area (Å²) in [5.41, 5.74) is -4.47. The zero-order valence-electron chi connectivity index (χ0n) is 16.5. The molecule has 0 radical (unpaired) electrons. The Morgan fingerprint density at radius 2 is 1.48 bits per heavy atom. The maximum Gasteiger partial charge on any atom is 0.523 e. The van der Waals surface area contributed by atoms with E-state index in [4.69, 9.17) is 8.37 Å². The molecule has 4 nitrogen and oxygen atoms in total. The van der Waals surface area contributed by atoms with Crippen molar-refractivity contribution in [2.45, 2.75) is 29.9 Å². The molecule has 3 aromatic rings. The Bertz CT molecular complexity index is 1170. The molecule has 31 heavy (non-hydrogen) atoms. The molecule has 1 fully saturated rings. The van der Waals surface area contributed by atoms with E-state index in [-0.39, 0.29) is 11.5 Å². The molecule has 0 aliphatic carbocycles. The fraction of sp³-hybridized carbons (Fsp3) is 0.273. The molecular formula is C22H21F3O4S2. The first-order chi connectivity index (χ1) is 14.7. The van der Waals surface area contributed by atoms with Crippen LogP contribution in [-0.2, 0) is 20.4 Å². The summed E-state index contributed by atoms with van der Waals surface area (Å²) in [6.45, 7) is 0.334. The van der Waals surface area contributed by atoms with E-state index in [1.807, 2.05) is 36.4 Å². The smallest absolute Gasteiger partial charge is 0.488 e. The predicted molar refractivity (Wildman–Crippen MR) is 116 cm³/mol. The Morgan fingerprint density at radius 3 is 2.16 bits per heavy atom. The van der Waals surface area contributed by atoms with Gasteiger partial charge >= 0.3 is 15.6 Å². The maximum atomic E-state index is 13.1. The monoisotopic (exact) mass is 470 g/mol. The third kappa shape index (κ3) is 4.40. The van der Waals surface area contributed by atoms with E-state index in [1.165, 1.54) is 0 Å². The van der Waals surface area contributed by atoms with Crippen LogP contribution < -0.4 is 4.74 Å². The molecule has 3 aromatic carbocycles. The summed E-state index contributed by atoms with van der Waals surface area (Å²) in [5.74, 6) is 1.13. The first kappa shape index (κ1) is 22.0. The van der Waals surface area contributed by atoms with Gasteiger partial charge < -0.3 is 4.74 Å². The van der Waals surface area contributed by atoms with Crippen molar-refractivity contribution in [3.8, 4) is 5.75 Å². The highest BCUT2D eigenvalue weighted by atomic mass is 32.3. The van der Waals surface area contributed by atoms with Gasteiger partial charge in [0.1, 0.15) is 12.4 Å². The molecule has 0 saturated carbocycles. The van der Waals surface area contributed by atoms with Crippen LogP contribution in [0.1, 0.15) is 18.4 Å². The number of hydrogen-bond donors (Lipinski definition) is 0. The van der Waals surface area contributed by atoms with Crippen molar-refractivity contribution in [3.63, 3.8) is 0 Å². The normalized spacial score (nSPS) is 17.5. The molecule has 1 heterocycles. The average Bonchev–Trinajstić information content (AvgIpc) is 3.20. The molecular weight excluding hydrogens is 449 g/mol. The SMILES string of the molecule is O=S(=O)(OS1(c2cccc3c(OCc4ccccc4)cccc23)CCCC1)C(F)(F)F. The number of benzene rings is 3. The van der Waals surface area contributed by atoms with E-state index in [0.717, 1.165) is 5.56 Å². The Morgan fingerprint density at radius 1 is 0.839 bits per heavy atom. The summed E-state index contributed by atoms with van der Waals surface area (Å²) in [5, 5.41) is 1.37. The quantitative estimate of drug-likeness (QED) is 0.405. The van der Waals surface area contributed by atoms with E-state index < -0.39 is 25.9 Å². The summed E-state index contributed by atoms with van der Waals surface area (Å²) in [6.07, 6.45) is 1.23. The summed E-state index contributed by atoms with van der Waals surface area (Å²) in [7, 11) is -8.36. The lowest BCUT2D eigenvalue weighted by atomic mass is 10.1. The fourth-order valence-corrected chi connectivity index (χ4v) is 9.15. The van der Waals surface area contributed by atoms with Gasteiger partial charge in [0.2, 0.25) is 0 Å². The van der Waals surface area contributed by atoms with Crippen molar-refractivity contribution in [3.05, 3.63) is 72.3 Å². The van der Waals surface area contributed by atoms with Crippen LogP contribution in [-0.4, -0.2) is 25.4 Å². The third-order valence-electron chi connectivity index (χ3n) is 5.18. The van der Waals surface area contributed by atoms with E-state index in [9.17, 15) is 21.6 Å². The van der Waals surface area contributed by atoms with Gasteiger partial charge in [0, 0.05) is 21.8 Å². The van der Waals surface area contributed by atoms with Crippen LogP contribution in [0.2, 0.25) is 0 Å². The van der Waals surface area contributed by atoms with Gasteiger partial charge in [-0.15, -0.1) is 0 Å². The molecule has 0 aromatic heterocycles. The molecule has 0 bridgehead atoms. The Kier molecular flexibility index (Phi) is 5.93. The van der Waals surface area contributed by atoms with Crippen LogP contribution in [0.15, 0.2) is 71.6 Å². The van der Waals surface area contributed by atoms with Crippen molar-refractivity contribution in [2.24, 2.45) is 0 Å². The van der Waals surface area contributed by atoms with Gasteiger partial charge in [-0.05, 0) is 35.9 Å². The summed E-state index contributed by atoms with van der Waals surface area (Å²) in [6, 6.07) is 20.1. The summed E-state index contributed by atoms with van der Waals surface area (Å²) >= 11 is 0. The molecule has 4 rings (SSSR count). The molecule has 166 valence electrons. The molecule has 1 aliphatic rings. The van der Waals surface area contributed by atoms with Crippen molar-refractivity contribution < 1.29 is 30.0 Å². The zero-order chi connectivity index (χ0) is 22.1.